The molecule has 24 heavy (non-hydrogen) atoms. The zero-order valence-electron chi connectivity index (χ0n) is 13.8. The van der Waals surface area contributed by atoms with Gasteiger partial charge in [-0.25, -0.2) is 9.50 Å². The number of fused-ring (bicyclic) bond motifs is 1. The van der Waals surface area contributed by atoms with Gasteiger partial charge in [-0.3, -0.25) is 9.59 Å². The largest absolute Gasteiger partial charge is 0.481 e. The van der Waals surface area contributed by atoms with Crippen LogP contribution in [0.25, 0.3) is 5.78 Å². The van der Waals surface area contributed by atoms with Gasteiger partial charge in [0.1, 0.15) is 0 Å². The van der Waals surface area contributed by atoms with Gasteiger partial charge in [0.2, 0.25) is 5.82 Å². The van der Waals surface area contributed by atoms with E-state index in [0.717, 1.165) is 30.7 Å². The number of aliphatic carboxylic acids is 1. The van der Waals surface area contributed by atoms with E-state index in [0.29, 0.717) is 18.6 Å². The zero-order chi connectivity index (χ0) is 17.3. The van der Waals surface area contributed by atoms with E-state index in [2.05, 4.69) is 20.4 Å². The Hall–Kier alpha value is -2.51. The van der Waals surface area contributed by atoms with Crippen molar-refractivity contribution < 1.29 is 14.7 Å². The average Bonchev–Trinajstić information content (AvgIpc) is 2.80. The predicted molar refractivity (Wildman–Crippen MR) is 85.7 cm³/mol. The van der Waals surface area contributed by atoms with Crippen molar-refractivity contribution in [1.29, 1.82) is 0 Å². The second-order valence-electron chi connectivity index (χ2n) is 6.35. The Bertz CT molecular complexity index is 785. The number of aryl methyl sites for hydroxylation is 2. The normalized spacial score (nSPS) is 21.4. The molecule has 0 spiro atoms. The van der Waals surface area contributed by atoms with Crippen LogP contribution in [0, 0.1) is 19.8 Å². The summed E-state index contributed by atoms with van der Waals surface area (Å²) in [6.07, 6.45) is 4.02. The highest BCUT2D eigenvalue weighted by Crippen LogP contribution is 2.24. The molecule has 2 aromatic heterocycles. The number of hydrogen-bond acceptors (Lipinski definition) is 5. The van der Waals surface area contributed by atoms with Crippen LogP contribution in [0.4, 0.5) is 0 Å². The number of rotatable bonds is 3. The minimum atomic E-state index is -0.863. The molecule has 2 N–H and O–H groups in total. The molecule has 1 aliphatic rings. The maximum absolute atomic E-state index is 12.5. The molecule has 0 radical (unpaired) electrons. The number of amides is 1. The summed E-state index contributed by atoms with van der Waals surface area (Å²) < 4.78 is 1.52. The molecule has 128 valence electrons. The van der Waals surface area contributed by atoms with Crippen molar-refractivity contribution >= 4 is 17.7 Å². The molecule has 0 aromatic carbocycles. The SMILES string of the molecule is Cc1cc(C)n2nc(C(=O)N[C@H]3CCCCC[C@H]3C(=O)O)nc2n1. The van der Waals surface area contributed by atoms with Gasteiger partial charge in [-0.1, -0.05) is 19.3 Å². The van der Waals surface area contributed by atoms with Crippen LogP contribution in [-0.2, 0) is 4.79 Å². The predicted octanol–water partition coefficient (Wildman–Crippen LogP) is 1.50. The van der Waals surface area contributed by atoms with E-state index in [1.807, 2.05) is 19.9 Å². The third kappa shape index (κ3) is 3.22. The molecule has 8 nitrogen and oxygen atoms in total. The maximum atomic E-state index is 12.5. The first-order valence-electron chi connectivity index (χ1n) is 8.20. The van der Waals surface area contributed by atoms with E-state index >= 15 is 0 Å². The summed E-state index contributed by atoms with van der Waals surface area (Å²) in [5.41, 5.74) is 1.64. The fraction of sp³-hybridized carbons (Fsp3) is 0.562. The first-order chi connectivity index (χ1) is 11.5. The number of hydrogen-bond donors (Lipinski definition) is 2. The Kier molecular flexibility index (Phi) is 4.46. The van der Waals surface area contributed by atoms with E-state index in [9.17, 15) is 14.7 Å². The molecule has 3 rings (SSSR count). The smallest absolute Gasteiger partial charge is 0.308 e. The summed E-state index contributed by atoms with van der Waals surface area (Å²) in [5, 5.41) is 16.4. The lowest BCUT2D eigenvalue weighted by atomic mass is 9.95. The average molecular weight is 331 g/mol. The molecule has 1 amide bonds. The Labute approximate surface area is 139 Å². The molecule has 0 unspecified atom stereocenters. The van der Waals surface area contributed by atoms with E-state index in [1.54, 1.807) is 0 Å². The van der Waals surface area contributed by atoms with Gasteiger partial charge >= 0.3 is 5.97 Å². The number of carbonyl (C=O) groups is 2. The van der Waals surface area contributed by atoms with Crippen LogP contribution in [0.2, 0.25) is 0 Å². The second-order valence-corrected chi connectivity index (χ2v) is 6.35. The van der Waals surface area contributed by atoms with Crippen molar-refractivity contribution in [2.75, 3.05) is 0 Å². The molecule has 0 saturated heterocycles. The monoisotopic (exact) mass is 331 g/mol. The Morgan fingerprint density at radius 2 is 1.96 bits per heavy atom. The lowest BCUT2D eigenvalue weighted by molar-refractivity contribution is -0.142. The first kappa shape index (κ1) is 16.4. The van der Waals surface area contributed by atoms with Gasteiger partial charge in [0.25, 0.3) is 11.7 Å². The summed E-state index contributed by atoms with van der Waals surface area (Å²) in [4.78, 5) is 32.4. The van der Waals surface area contributed by atoms with Crippen molar-refractivity contribution in [3.05, 3.63) is 23.3 Å². The lowest BCUT2D eigenvalue weighted by Gasteiger charge is -2.22. The fourth-order valence-electron chi connectivity index (χ4n) is 3.27. The van der Waals surface area contributed by atoms with Crippen LogP contribution in [0.15, 0.2) is 6.07 Å². The minimum absolute atomic E-state index is 0.0181. The minimum Gasteiger partial charge on any atom is -0.481 e. The molecule has 8 heteroatoms. The molecular weight excluding hydrogens is 310 g/mol. The van der Waals surface area contributed by atoms with Gasteiger partial charge in [-0.2, -0.15) is 4.98 Å². The maximum Gasteiger partial charge on any atom is 0.308 e. The highest BCUT2D eigenvalue weighted by atomic mass is 16.4. The van der Waals surface area contributed by atoms with Crippen molar-refractivity contribution in [3.8, 4) is 0 Å². The number of aromatic nitrogens is 4. The number of carbonyl (C=O) groups excluding carboxylic acids is 1. The van der Waals surface area contributed by atoms with Crippen LogP contribution >= 0.6 is 0 Å². The van der Waals surface area contributed by atoms with Gasteiger partial charge in [0.15, 0.2) is 0 Å². The lowest BCUT2D eigenvalue weighted by Crippen LogP contribution is -2.43. The molecule has 0 bridgehead atoms. The van der Waals surface area contributed by atoms with Crippen LogP contribution in [0.5, 0.6) is 0 Å². The molecule has 0 aliphatic heterocycles. The quantitative estimate of drug-likeness (QED) is 0.825. The van der Waals surface area contributed by atoms with Gasteiger partial charge in [-0.15, -0.1) is 5.10 Å². The first-order valence-corrected chi connectivity index (χ1v) is 8.20. The molecule has 1 saturated carbocycles. The van der Waals surface area contributed by atoms with Gasteiger partial charge < -0.3 is 10.4 Å². The van der Waals surface area contributed by atoms with Crippen LogP contribution < -0.4 is 5.32 Å². The molecular formula is C16H21N5O3. The molecule has 1 aliphatic carbocycles. The Morgan fingerprint density at radius 1 is 1.21 bits per heavy atom. The Morgan fingerprint density at radius 3 is 2.71 bits per heavy atom. The number of nitrogens with one attached hydrogen (secondary N) is 1. The highest BCUT2D eigenvalue weighted by Gasteiger charge is 2.31. The summed E-state index contributed by atoms with van der Waals surface area (Å²) in [6, 6.07) is 1.47. The molecule has 2 aromatic rings. The third-order valence-corrected chi connectivity index (χ3v) is 4.47. The van der Waals surface area contributed by atoms with E-state index in [4.69, 9.17) is 0 Å². The summed E-state index contributed by atoms with van der Waals surface area (Å²) in [7, 11) is 0. The topological polar surface area (TPSA) is 109 Å². The standard InChI is InChI=1S/C16H21N5O3/c1-9-8-10(2)21-16(17-9)19-13(20-21)14(22)18-12-7-5-3-4-6-11(12)15(23)24/h8,11-12H,3-7H2,1-2H3,(H,18,22)(H,23,24)/t11-,12+/m1/s1. The van der Waals surface area contributed by atoms with Crippen LogP contribution in [0.3, 0.4) is 0 Å². The van der Waals surface area contributed by atoms with E-state index in [-0.39, 0.29) is 11.9 Å². The van der Waals surface area contributed by atoms with E-state index in [1.165, 1.54) is 4.52 Å². The van der Waals surface area contributed by atoms with Crippen molar-refractivity contribution in [3.63, 3.8) is 0 Å². The van der Waals surface area contributed by atoms with Crippen molar-refractivity contribution in [2.24, 2.45) is 5.92 Å². The molecule has 2 atom stereocenters. The number of carboxylic acids is 1. The fourth-order valence-corrected chi connectivity index (χ4v) is 3.27. The number of carboxylic acid groups (broad SMARTS) is 1. The molecule has 1 fully saturated rings. The highest BCUT2D eigenvalue weighted by molar-refractivity contribution is 5.91. The van der Waals surface area contributed by atoms with Gasteiger partial charge in [0.05, 0.1) is 5.92 Å². The summed E-state index contributed by atoms with van der Waals surface area (Å²) in [5.74, 6) is -1.48. The zero-order valence-corrected chi connectivity index (χ0v) is 13.8. The second kappa shape index (κ2) is 6.54. The summed E-state index contributed by atoms with van der Waals surface area (Å²) >= 11 is 0. The number of nitrogens with zero attached hydrogens (tertiary/aromatic N) is 4. The van der Waals surface area contributed by atoms with Crippen LogP contribution in [0.1, 0.15) is 54.1 Å². The third-order valence-electron chi connectivity index (χ3n) is 4.47. The van der Waals surface area contributed by atoms with Crippen LogP contribution in [-0.4, -0.2) is 42.6 Å². The summed E-state index contributed by atoms with van der Waals surface area (Å²) in [6.45, 7) is 3.72. The Balaban J connectivity index is 1.83. The molecule has 2 heterocycles. The van der Waals surface area contributed by atoms with Crippen molar-refractivity contribution in [2.45, 2.75) is 52.0 Å². The van der Waals surface area contributed by atoms with Crippen molar-refractivity contribution in [1.82, 2.24) is 24.9 Å². The van der Waals surface area contributed by atoms with Gasteiger partial charge in [0, 0.05) is 17.4 Å². The van der Waals surface area contributed by atoms with E-state index < -0.39 is 17.8 Å². The van der Waals surface area contributed by atoms with Gasteiger partial charge in [-0.05, 0) is 32.8 Å².